The Kier molecular flexibility index (Phi) is 11.6. The second-order valence-electron chi connectivity index (χ2n) is 7.90. The third-order valence-electron chi connectivity index (χ3n) is 5.92. The first-order chi connectivity index (χ1) is 12.6. The van der Waals surface area contributed by atoms with Crippen LogP contribution in [0.2, 0.25) is 0 Å². The number of ether oxygens (including phenoxy) is 1. The zero-order chi connectivity index (χ0) is 18.8. The number of halogens is 1. The lowest BCUT2D eigenvalue weighted by Crippen LogP contribution is -2.44. The molecule has 1 heterocycles. The zero-order valence-corrected chi connectivity index (χ0v) is 19.7. The lowest BCUT2D eigenvalue weighted by atomic mass is 9.67. The summed E-state index contributed by atoms with van der Waals surface area (Å²) in [4.78, 5) is 19.3. The summed E-state index contributed by atoms with van der Waals surface area (Å²) in [6, 6.07) is 0.386. The van der Waals surface area contributed by atoms with Crippen molar-refractivity contribution >= 4 is 35.8 Å². The van der Waals surface area contributed by atoms with Crippen LogP contribution in [-0.2, 0) is 9.53 Å². The van der Waals surface area contributed by atoms with Gasteiger partial charge in [-0.1, -0.05) is 6.42 Å². The average molecular weight is 494 g/mol. The molecule has 158 valence electrons. The van der Waals surface area contributed by atoms with E-state index in [0.717, 1.165) is 51.5 Å². The SMILES string of the molecule is CCNC(=NCC1(CCOC)CCC1)NCCC(=O)N1CCCCC1C.I. The van der Waals surface area contributed by atoms with Gasteiger partial charge in [0.1, 0.15) is 0 Å². The molecule has 2 aliphatic rings. The predicted molar refractivity (Wildman–Crippen MR) is 122 cm³/mol. The number of nitrogens with zero attached hydrogens (tertiary/aromatic N) is 2. The number of hydrogen-bond donors (Lipinski definition) is 2. The molecule has 0 bridgehead atoms. The largest absolute Gasteiger partial charge is 0.385 e. The summed E-state index contributed by atoms with van der Waals surface area (Å²) in [5.41, 5.74) is 0.317. The van der Waals surface area contributed by atoms with Gasteiger partial charge in [0.25, 0.3) is 0 Å². The van der Waals surface area contributed by atoms with E-state index in [1.165, 1.54) is 25.7 Å². The second-order valence-corrected chi connectivity index (χ2v) is 7.90. The fourth-order valence-electron chi connectivity index (χ4n) is 3.97. The van der Waals surface area contributed by atoms with Crippen LogP contribution in [0.5, 0.6) is 0 Å². The molecule has 2 N–H and O–H groups in total. The number of piperidine rings is 1. The van der Waals surface area contributed by atoms with Gasteiger partial charge in [0.15, 0.2) is 5.96 Å². The van der Waals surface area contributed by atoms with Gasteiger partial charge in [-0.05, 0) is 57.8 Å². The van der Waals surface area contributed by atoms with Gasteiger partial charge in [-0.15, -0.1) is 24.0 Å². The number of methoxy groups -OCH3 is 1. The van der Waals surface area contributed by atoms with Gasteiger partial charge in [-0.2, -0.15) is 0 Å². The van der Waals surface area contributed by atoms with Crippen LogP contribution in [0.1, 0.15) is 65.2 Å². The van der Waals surface area contributed by atoms with Crippen molar-refractivity contribution in [1.82, 2.24) is 15.5 Å². The number of guanidine groups is 1. The highest BCUT2D eigenvalue weighted by molar-refractivity contribution is 14.0. The Balaban J connectivity index is 0.00000364. The summed E-state index contributed by atoms with van der Waals surface area (Å²) >= 11 is 0. The molecule has 1 saturated carbocycles. The predicted octanol–water partition coefficient (Wildman–Crippen LogP) is 3.16. The number of likely N-dealkylation sites (tertiary alicyclic amines) is 1. The van der Waals surface area contributed by atoms with Crippen LogP contribution in [0.3, 0.4) is 0 Å². The molecule has 1 atom stereocenters. The van der Waals surface area contributed by atoms with Crippen LogP contribution in [0.15, 0.2) is 4.99 Å². The Morgan fingerprint density at radius 2 is 2.04 bits per heavy atom. The smallest absolute Gasteiger partial charge is 0.224 e. The van der Waals surface area contributed by atoms with Crippen LogP contribution in [0, 0.1) is 5.41 Å². The molecule has 2 rings (SSSR count). The minimum absolute atomic E-state index is 0. The molecule has 1 aliphatic heterocycles. The van der Waals surface area contributed by atoms with Crippen LogP contribution in [0.4, 0.5) is 0 Å². The summed E-state index contributed by atoms with van der Waals surface area (Å²) < 4.78 is 5.26. The topological polar surface area (TPSA) is 66.0 Å². The molecule has 0 aromatic heterocycles. The third-order valence-corrected chi connectivity index (χ3v) is 5.92. The minimum atomic E-state index is 0. The van der Waals surface area contributed by atoms with Gasteiger partial charge >= 0.3 is 0 Å². The Hall–Kier alpha value is -0.570. The maximum atomic E-state index is 12.5. The molecule has 27 heavy (non-hydrogen) atoms. The molecule has 7 heteroatoms. The van der Waals surface area contributed by atoms with Crippen molar-refractivity contribution in [3.63, 3.8) is 0 Å². The number of rotatable bonds is 9. The standard InChI is InChI=1S/C20H38N4O2.HI/c1-4-21-19(23-16-20(10-7-11-20)12-15-26-3)22-13-9-18(25)24-14-6-5-8-17(24)2;/h17H,4-16H2,1-3H3,(H2,21,22,23);1H. The van der Waals surface area contributed by atoms with E-state index in [4.69, 9.17) is 9.73 Å². The van der Waals surface area contributed by atoms with E-state index in [1.54, 1.807) is 7.11 Å². The van der Waals surface area contributed by atoms with E-state index >= 15 is 0 Å². The summed E-state index contributed by atoms with van der Waals surface area (Å²) in [6.45, 7) is 8.25. The summed E-state index contributed by atoms with van der Waals surface area (Å²) in [7, 11) is 1.77. The van der Waals surface area contributed by atoms with Crippen molar-refractivity contribution in [2.75, 3.05) is 39.9 Å². The van der Waals surface area contributed by atoms with E-state index in [2.05, 4.69) is 24.5 Å². The monoisotopic (exact) mass is 494 g/mol. The summed E-state index contributed by atoms with van der Waals surface area (Å²) in [5.74, 6) is 1.09. The molecule has 0 aromatic rings. The van der Waals surface area contributed by atoms with E-state index < -0.39 is 0 Å². The highest BCUT2D eigenvalue weighted by Gasteiger charge is 2.36. The minimum Gasteiger partial charge on any atom is -0.385 e. The van der Waals surface area contributed by atoms with Crippen molar-refractivity contribution < 1.29 is 9.53 Å². The van der Waals surface area contributed by atoms with Crippen molar-refractivity contribution in [2.24, 2.45) is 10.4 Å². The van der Waals surface area contributed by atoms with Crippen LogP contribution < -0.4 is 10.6 Å². The second kappa shape index (κ2) is 12.8. The molecule has 2 fully saturated rings. The van der Waals surface area contributed by atoms with Crippen LogP contribution in [0.25, 0.3) is 0 Å². The van der Waals surface area contributed by atoms with E-state index in [-0.39, 0.29) is 29.9 Å². The molecular formula is C20H39IN4O2. The highest BCUT2D eigenvalue weighted by atomic mass is 127. The fraction of sp³-hybridized carbons (Fsp3) is 0.900. The third kappa shape index (κ3) is 7.75. The number of aliphatic imine (C=N–C) groups is 1. The number of nitrogens with one attached hydrogen (secondary N) is 2. The molecule has 6 nitrogen and oxygen atoms in total. The zero-order valence-electron chi connectivity index (χ0n) is 17.4. The lowest BCUT2D eigenvalue weighted by Gasteiger charge is -2.40. The first kappa shape index (κ1) is 24.5. The van der Waals surface area contributed by atoms with Crippen molar-refractivity contribution in [1.29, 1.82) is 0 Å². The average Bonchev–Trinajstić information content (AvgIpc) is 2.60. The number of carbonyl (C=O) groups is 1. The van der Waals surface area contributed by atoms with Crippen LogP contribution >= 0.6 is 24.0 Å². The number of hydrogen-bond acceptors (Lipinski definition) is 3. The Bertz CT molecular complexity index is 469. The highest BCUT2D eigenvalue weighted by Crippen LogP contribution is 2.44. The van der Waals surface area contributed by atoms with Gasteiger partial charge in [-0.3, -0.25) is 9.79 Å². The van der Waals surface area contributed by atoms with Gasteiger partial charge in [0.2, 0.25) is 5.91 Å². The summed E-state index contributed by atoms with van der Waals surface area (Å²) in [5, 5.41) is 6.65. The first-order valence-electron chi connectivity index (χ1n) is 10.4. The molecule has 1 aliphatic carbocycles. The van der Waals surface area contributed by atoms with Crippen molar-refractivity contribution in [2.45, 2.75) is 71.3 Å². The Labute approximate surface area is 182 Å². The van der Waals surface area contributed by atoms with Crippen molar-refractivity contribution in [3.05, 3.63) is 0 Å². The molecule has 0 aromatic carbocycles. The Morgan fingerprint density at radius 1 is 1.26 bits per heavy atom. The first-order valence-corrected chi connectivity index (χ1v) is 10.4. The normalized spacial score (nSPS) is 21.8. The van der Waals surface area contributed by atoms with Gasteiger partial charge in [0, 0.05) is 52.4 Å². The maximum absolute atomic E-state index is 12.5. The maximum Gasteiger partial charge on any atom is 0.224 e. The molecule has 0 radical (unpaired) electrons. The molecule has 1 saturated heterocycles. The quantitative estimate of drug-likeness (QED) is 0.294. The van der Waals surface area contributed by atoms with E-state index in [0.29, 0.717) is 24.4 Å². The van der Waals surface area contributed by atoms with Gasteiger partial charge in [0.05, 0.1) is 0 Å². The molecule has 1 unspecified atom stereocenters. The number of amides is 1. The molecular weight excluding hydrogens is 455 g/mol. The van der Waals surface area contributed by atoms with Gasteiger partial charge in [-0.25, -0.2) is 0 Å². The van der Waals surface area contributed by atoms with Crippen molar-refractivity contribution in [3.8, 4) is 0 Å². The van der Waals surface area contributed by atoms with E-state index in [9.17, 15) is 4.79 Å². The molecule has 1 amide bonds. The Morgan fingerprint density at radius 3 is 2.63 bits per heavy atom. The number of carbonyl (C=O) groups excluding carboxylic acids is 1. The summed E-state index contributed by atoms with van der Waals surface area (Å²) in [6.07, 6.45) is 8.90. The van der Waals surface area contributed by atoms with Gasteiger partial charge < -0.3 is 20.3 Å². The lowest BCUT2D eigenvalue weighted by molar-refractivity contribution is -0.134. The molecule has 0 spiro atoms. The van der Waals surface area contributed by atoms with E-state index in [1.807, 2.05) is 4.90 Å². The van der Waals surface area contributed by atoms with Crippen LogP contribution in [-0.4, -0.2) is 62.7 Å². The fourth-order valence-corrected chi connectivity index (χ4v) is 3.97.